The largest absolute Gasteiger partial charge is 0.399 e. The molecule has 1 aromatic carbocycles. The third-order valence-electron chi connectivity index (χ3n) is 1.25. The van der Waals surface area contributed by atoms with Crippen LogP contribution in [0.15, 0.2) is 24.3 Å². The summed E-state index contributed by atoms with van der Waals surface area (Å²) in [7, 11) is 0. The number of nitrogens with one attached hydrogen (secondary N) is 1. The highest BCUT2D eigenvalue weighted by molar-refractivity contribution is 5.49. The third kappa shape index (κ3) is 2.47. The number of rotatable bonds is 3. The maximum Gasteiger partial charge on any atom is 0.0717 e. The second kappa shape index (κ2) is 3.83. The van der Waals surface area contributed by atoms with Gasteiger partial charge in [-0.2, -0.15) is 0 Å². The molecule has 0 fully saturated rings. The maximum absolute atomic E-state index is 5.49. The van der Waals surface area contributed by atoms with Crippen LogP contribution in [0.25, 0.3) is 0 Å². The number of anilines is 2. The van der Waals surface area contributed by atoms with Crippen LogP contribution in [0, 0.1) is 0 Å². The van der Waals surface area contributed by atoms with E-state index in [2.05, 4.69) is 5.48 Å². The summed E-state index contributed by atoms with van der Waals surface area (Å²) < 4.78 is 0. The topological polar surface area (TPSA) is 47.3 Å². The molecule has 0 aliphatic carbocycles. The quantitative estimate of drug-likeness (QED) is 0.511. The molecule has 0 unspecified atom stereocenters. The van der Waals surface area contributed by atoms with Gasteiger partial charge in [0.05, 0.1) is 12.3 Å². The van der Waals surface area contributed by atoms with Gasteiger partial charge in [-0.15, -0.1) is 0 Å². The standard InChI is InChI=1S/C8H12N2O/c1-2-11-10-8-5-3-7(9)4-6-8/h3-6,10H,2,9H2,1H3. The summed E-state index contributed by atoms with van der Waals surface area (Å²) in [5, 5.41) is 0. The third-order valence-corrected chi connectivity index (χ3v) is 1.25. The predicted molar refractivity (Wildman–Crippen MR) is 46.1 cm³/mol. The van der Waals surface area contributed by atoms with Crippen molar-refractivity contribution >= 4 is 11.4 Å². The van der Waals surface area contributed by atoms with Gasteiger partial charge in [0, 0.05) is 5.69 Å². The fraction of sp³-hybridized carbons (Fsp3) is 0.250. The fourth-order valence-corrected chi connectivity index (χ4v) is 0.707. The molecule has 0 aliphatic rings. The molecular weight excluding hydrogens is 140 g/mol. The number of benzene rings is 1. The molecule has 0 saturated heterocycles. The highest BCUT2D eigenvalue weighted by Crippen LogP contribution is 2.09. The Bertz CT molecular complexity index is 208. The van der Waals surface area contributed by atoms with E-state index < -0.39 is 0 Å². The molecular formula is C8H12N2O. The van der Waals surface area contributed by atoms with Gasteiger partial charge in [-0.25, -0.2) is 0 Å². The van der Waals surface area contributed by atoms with Crippen molar-refractivity contribution in [2.24, 2.45) is 0 Å². The van der Waals surface area contributed by atoms with E-state index in [1.54, 1.807) is 0 Å². The summed E-state index contributed by atoms with van der Waals surface area (Å²) >= 11 is 0. The van der Waals surface area contributed by atoms with Crippen LogP contribution < -0.4 is 11.2 Å². The molecule has 0 amide bonds. The molecule has 0 aromatic heterocycles. The zero-order chi connectivity index (χ0) is 8.10. The zero-order valence-corrected chi connectivity index (χ0v) is 6.50. The number of hydrogen-bond acceptors (Lipinski definition) is 3. The zero-order valence-electron chi connectivity index (χ0n) is 6.50. The van der Waals surface area contributed by atoms with E-state index in [0.29, 0.717) is 6.61 Å². The normalized spacial score (nSPS) is 9.55. The van der Waals surface area contributed by atoms with E-state index in [0.717, 1.165) is 11.4 Å². The van der Waals surface area contributed by atoms with Crippen molar-refractivity contribution in [3.05, 3.63) is 24.3 Å². The summed E-state index contributed by atoms with van der Waals surface area (Å²) in [6.07, 6.45) is 0. The van der Waals surface area contributed by atoms with Gasteiger partial charge in [0.15, 0.2) is 0 Å². The van der Waals surface area contributed by atoms with Crippen LogP contribution in [-0.2, 0) is 4.84 Å². The Hall–Kier alpha value is -1.22. The minimum atomic E-state index is 0.643. The minimum absolute atomic E-state index is 0.643. The average Bonchev–Trinajstić information content (AvgIpc) is 2.04. The van der Waals surface area contributed by atoms with Gasteiger partial charge in [0.2, 0.25) is 0 Å². The van der Waals surface area contributed by atoms with Crippen LogP contribution in [0.3, 0.4) is 0 Å². The highest BCUT2D eigenvalue weighted by Gasteiger charge is 1.88. The lowest BCUT2D eigenvalue weighted by atomic mass is 10.3. The molecule has 0 radical (unpaired) electrons. The van der Waals surface area contributed by atoms with Crippen molar-refractivity contribution in [1.29, 1.82) is 0 Å². The second-order valence-corrected chi connectivity index (χ2v) is 2.16. The first-order valence-corrected chi connectivity index (χ1v) is 3.56. The molecule has 3 heteroatoms. The van der Waals surface area contributed by atoms with Crippen LogP contribution in [0.1, 0.15) is 6.92 Å². The van der Waals surface area contributed by atoms with Crippen LogP contribution in [0.4, 0.5) is 11.4 Å². The van der Waals surface area contributed by atoms with Crippen LogP contribution in [0.2, 0.25) is 0 Å². The monoisotopic (exact) mass is 152 g/mol. The van der Waals surface area contributed by atoms with Gasteiger partial charge < -0.3 is 5.73 Å². The number of hydrogen-bond donors (Lipinski definition) is 2. The van der Waals surface area contributed by atoms with E-state index in [9.17, 15) is 0 Å². The van der Waals surface area contributed by atoms with Crippen molar-refractivity contribution in [2.45, 2.75) is 6.92 Å². The van der Waals surface area contributed by atoms with Gasteiger partial charge in [-0.3, -0.25) is 10.3 Å². The van der Waals surface area contributed by atoms with Crippen LogP contribution >= 0.6 is 0 Å². The van der Waals surface area contributed by atoms with Crippen LogP contribution in [-0.4, -0.2) is 6.61 Å². The maximum atomic E-state index is 5.49. The first-order valence-electron chi connectivity index (χ1n) is 3.56. The lowest BCUT2D eigenvalue weighted by Crippen LogP contribution is -1.99. The lowest BCUT2D eigenvalue weighted by molar-refractivity contribution is 0.210. The molecule has 1 aromatic rings. The van der Waals surface area contributed by atoms with Gasteiger partial charge in [-0.05, 0) is 31.2 Å². The summed E-state index contributed by atoms with van der Waals surface area (Å²) in [6.45, 7) is 2.56. The minimum Gasteiger partial charge on any atom is -0.399 e. The smallest absolute Gasteiger partial charge is 0.0717 e. The van der Waals surface area contributed by atoms with E-state index in [1.165, 1.54) is 0 Å². The second-order valence-electron chi connectivity index (χ2n) is 2.16. The molecule has 0 atom stereocenters. The first kappa shape index (κ1) is 7.88. The number of nitrogen functional groups attached to an aromatic ring is 1. The Labute approximate surface area is 66.1 Å². The average molecular weight is 152 g/mol. The van der Waals surface area contributed by atoms with Crippen molar-refractivity contribution in [3.63, 3.8) is 0 Å². The van der Waals surface area contributed by atoms with Crippen molar-refractivity contribution in [2.75, 3.05) is 17.8 Å². The molecule has 0 heterocycles. The lowest BCUT2D eigenvalue weighted by Gasteiger charge is -2.03. The molecule has 0 spiro atoms. The Kier molecular flexibility index (Phi) is 2.74. The molecule has 3 nitrogen and oxygen atoms in total. The van der Waals surface area contributed by atoms with E-state index in [4.69, 9.17) is 10.6 Å². The van der Waals surface area contributed by atoms with Crippen molar-refractivity contribution in [3.8, 4) is 0 Å². The summed E-state index contributed by atoms with van der Waals surface area (Å²) in [5.74, 6) is 0. The molecule has 0 bridgehead atoms. The van der Waals surface area contributed by atoms with E-state index >= 15 is 0 Å². The van der Waals surface area contributed by atoms with Gasteiger partial charge in [0.25, 0.3) is 0 Å². The molecule has 60 valence electrons. The SMILES string of the molecule is CCONc1ccc(N)cc1. The Morgan fingerprint density at radius 3 is 2.55 bits per heavy atom. The fourth-order valence-electron chi connectivity index (χ4n) is 0.707. The Morgan fingerprint density at radius 2 is 2.00 bits per heavy atom. The first-order chi connectivity index (χ1) is 5.33. The van der Waals surface area contributed by atoms with E-state index in [1.807, 2.05) is 31.2 Å². The highest BCUT2D eigenvalue weighted by atomic mass is 16.6. The molecule has 0 aliphatic heterocycles. The van der Waals surface area contributed by atoms with E-state index in [-0.39, 0.29) is 0 Å². The van der Waals surface area contributed by atoms with Gasteiger partial charge in [0.1, 0.15) is 0 Å². The molecule has 0 saturated carbocycles. The Morgan fingerprint density at radius 1 is 1.36 bits per heavy atom. The molecule has 3 N–H and O–H groups in total. The molecule has 1 rings (SSSR count). The van der Waals surface area contributed by atoms with Crippen molar-refractivity contribution < 1.29 is 4.84 Å². The predicted octanol–water partition coefficient (Wildman–Crippen LogP) is 1.63. The Balaban J connectivity index is 2.52. The summed E-state index contributed by atoms with van der Waals surface area (Å²) in [6, 6.07) is 7.37. The summed E-state index contributed by atoms with van der Waals surface area (Å²) in [5.41, 5.74) is 9.93. The van der Waals surface area contributed by atoms with Crippen molar-refractivity contribution in [1.82, 2.24) is 0 Å². The van der Waals surface area contributed by atoms with Gasteiger partial charge >= 0.3 is 0 Å². The number of nitrogens with two attached hydrogens (primary N) is 1. The molecule has 11 heavy (non-hydrogen) atoms. The summed E-state index contributed by atoms with van der Waals surface area (Å²) in [4.78, 5) is 4.97. The van der Waals surface area contributed by atoms with Gasteiger partial charge in [-0.1, -0.05) is 0 Å². The van der Waals surface area contributed by atoms with Crippen LogP contribution in [0.5, 0.6) is 0 Å².